The molecule has 1 atom stereocenters. The van der Waals surface area contributed by atoms with Gasteiger partial charge in [0.15, 0.2) is 0 Å². The van der Waals surface area contributed by atoms with Gasteiger partial charge >= 0.3 is 7.60 Å². The Labute approximate surface area is 212 Å². The van der Waals surface area contributed by atoms with Gasteiger partial charge in [0, 0.05) is 0 Å². The zero-order valence-corrected chi connectivity index (χ0v) is 24.0. The number of likely N-dealkylation sites (N-methyl/N-ethyl adjacent to an activating group) is 1. The summed E-state index contributed by atoms with van der Waals surface area (Å²) >= 11 is 0. The van der Waals surface area contributed by atoms with Crippen molar-refractivity contribution in [1.29, 1.82) is 0 Å². The Bertz CT molecular complexity index is 541. The third-order valence-corrected chi connectivity index (χ3v) is 8.15. The van der Waals surface area contributed by atoms with Gasteiger partial charge in [0.05, 0.1) is 21.1 Å². The van der Waals surface area contributed by atoms with Crippen molar-refractivity contribution < 1.29 is 23.9 Å². The van der Waals surface area contributed by atoms with Crippen LogP contribution in [0.2, 0.25) is 0 Å². The molecule has 0 saturated heterocycles. The largest absolute Gasteiger partial charge is 0.373 e. The molecule has 0 aliphatic rings. The number of nitrogens with zero attached hydrogens (tertiary/aromatic N) is 1. The van der Waals surface area contributed by atoms with E-state index in [0.717, 1.165) is 12.8 Å². The van der Waals surface area contributed by atoms with E-state index in [9.17, 15) is 19.5 Å². The standard InChI is InChI=1S/C28H58NO4P/c1-5-6-7-8-9-10-11-12-13-14-15-16-17-18-19-20-21-22-23-24-25-26-28(30,34(31,32)33)27-29(2,3)4/h5-6,30H,7-27H2,1-4H3,(H-,31,32,33)/p+1/b6-5-. The van der Waals surface area contributed by atoms with Crippen LogP contribution in [0.4, 0.5) is 0 Å². The molecule has 0 aromatic carbocycles. The molecule has 0 rings (SSSR count). The minimum Gasteiger partial charge on any atom is -0.373 e. The molecule has 34 heavy (non-hydrogen) atoms. The zero-order chi connectivity index (χ0) is 25.8. The topological polar surface area (TPSA) is 77.8 Å². The Hall–Kier alpha value is -0.190. The van der Waals surface area contributed by atoms with Gasteiger partial charge in [-0.15, -0.1) is 0 Å². The van der Waals surface area contributed by atoms with Gasteiger partial charge < -0.3 is 19.4 Å². The third-order valence-electron chi connectivity index (χ3n) is 6.70. The Morgan fingerprint density at radius 3 is 1.26 bits per heavy atom. The van der Waals surface area contributed by atoms with Crippen LogP contribution in [0.1, 0.15) is 135 Å². The van der Waals surface area contributed by atoms with Gasteiger partial charge in [-0.1, -0.05) is 115 Å². The predicted molar refractivity (Wildman–Crippen MR) is 147 cm³/mol. The van der Waals surface area contributed by atoms with Gasteiger partial charge in [0.2, 0.25) is 5.34 Å². The van der Waals surface area contributed by atoms with Gasteiger partial charge in [-0.2, -0.15) is 0 Å². The van der Waals surface area contributed by atoms with Crippen LogP contribution in [-0.4, -0.2) is 52.4 Å². The minimum absolute atomic E-state index is 0.0641. The maximum atomic E-state index is 11.8. The van der Waals surface area contributed by atoms with Gasteiger partial charge in [0.25, 0.3) is 0 Å². The highest BCUT2D eigenvalue weighted by Gasteiger charge is 2.48. The molecule has 6 heteroatoms. The first-order valence-electron chi connectivity index (χ1n) is 14.2. The Balaban J connectivity index is 3.47. The van der Waals surface area contributed by atoms with E-state index in [1.807, 2.05) is 21.1 Å². The Morgan fingerprint density at radius 2 is 0.971 bits per heavy atom. The summed E-state index contributed by atoms with van der Waals surface area (Å²) in [5.74, 6) is 0. The molecule has 0 fully saturated rings. The highest BCUT2D eigenvalue weighted by molar-refractivity contribution is 7.53. The number of hydrogen-bond acceptors (Lipinski definition) is 2. The lowest BCUT2D eigenvalue weighted by atomic mass is 10.0. The monoisotopic (exact) mass is 504 g/mol. The van der Waals surface area contributed by atoms with E-state index < -0.39 is 12.9 Å². The third kappa shape index (κ3) is 20.0. The Morgan fingerprint density at radius 1 is 0.647 bits per heavy atom. The zero-order valence-electron chi connectivity index (χ0n) is 23.1. The molecule has 1 unspecified atom stereocenters. The van der Waals surface area contributed by atoms with Crippen LogP contribution < -0.4 is 0 Å². The SMILES string of the molecule is C/C=C\CCCCCCCCCCCCCCCCCCCCC(O)(C[N+](C)(C)C)P(=O)(O)O. The summed E-state index contributed by atoms with van der Waals surface area (Å²) < 4.78 is 12.1. The number of quaternary nitrogens is 1. The summed E-state index contributed by atoms with van der Waals surface area (Å²) in [6.07, 6.45) is 28.9. The second kappa shape index (κ2) is 19.9. The summed E-state index contributed by atoms with van der Waals surface area (Å²) in [4.78, 5) is 19.2. The van der Waals surface area contributed by atoms with E-state index in [2.05, 4.69) is 19.1 Å². The fourth-order valence-electron chi connectivity index (χ4n) is 4.74. The van der Waals surface area contributed by atoms with E-state index in [0.29, 0.717) is 10.9 Å². The summed E-state index contributed by atoms with van der Waals surface area (Å²) in [6, 6.07) is 0. The van der Waals surface area contributed by atoms with Crippen LogP contribution in [0.15, 0.2) is 12.2 Å². The van der Waals surface area contributed by atoms with Gasteiger partial charge in [-0.3, -0.25) is 4.57 Å². The smallest absolute Gasteiger partial charge is 0.362 e. The molecule has 0 aromatic heterocycles. The van der Waals surface area contributed by atoms with Crippen molar-refractivity contribution >= 4 is 7.60 Å². The number of unbranched alkanes of at least 4 members (excludes halogenated alkanes) is 18. The predicted octanol–water partition coefficient (Wildman–Crippen LogP) is 7.94. The van der Waals surface area contributed by atoms with Gasteiger partial charge in [-0.05, 0) is 32.6 Å². The highest BCUT2D eigenvalue weighted by Crippen LogP contribution is 2.52. The van der Waals surface area contributed by atoms with Crippen LogP contribution in [0.5, 0.6) is 0 Å². The fourth-order valence-corrected chi connectivity index (χ4v) is 5.80. The van der Waals surface area contributed by atoms with Gasteiger partial charge in [-0.25, -0.2) is 0 Å². The molecule has 0 saturated carbocycles. The van der Waals surface area contributed by atoms with E-state index in [4.69, 9.17) is 0 Å². The number of aliphatic hydroxyl groups is 1. The maximum Gasteiger partial charge on any atom is 0.362 e. The van der Waals surface area contributed by atoms with Crippen LogP contribution in [0.3, 0.4) is 0 Å². The summed E-state index contributed by atoms with van der Waals surface area (Å²) in [7, 11) is 0.991. The van der Waals surface area contributed by atoms with Crippen molar-refractivity contribution in [2.45, 2.75) is 141 Å². The molecule has 0 aliphatic carbocycles. The van der Waals surface area contributed by atoms with Crippen molar-refractivity contribution in [3.05, 3.63) is 12.2 Å². The molecule has 0 spiro atoms. The van der Waals surface area contributed by atoms with Crippen molar-refractivity contribution in [2.75, 3.05) is 27.7 Å². The van der Waals surface area contributed by atoms with E-state index in [1.165, 1.54) is 103 Å². The van der Waals surface area contributed by atoms with E-state index in [1.54, 1.807) is 0 Å². The van der Waals surface area contributed by atoms with Crippen LogP contribution in [-0.2, 0) is 4.57 Å². The second-order valence-corrected chi connectivity index (χ2v) is 13.4. The average Bonchev–Trinajstić information content (AvgIpc) is 2.73. The lowest BCUT2D eigenvalue weighted by Crippen LogP contribution is -2.49. The number of allylic oxidation sites excluding steroid dienone is 2. The molecule has 0 aromatic rings. The Kier molecular flexibility index (Phi) is 19.8. The molecule has 0 bridgehead atoms. The van der Waals surface area contributed by atoms with Crippen molar-refractivity contribution in [3.8, 4) is 0 Å². The van der Waals surface area contributed by atoms with Crippen LogP contribution in [0, 0.1) is 0 Å². The quantitative estimate of drug-likeness (QED) is 0.0539. The minimum atomic E-state index is -4.54. The molecule has 0 heterocycles. The molecule has 0 amide bonds. The molecule has 0 aliphatic heterocycles. The van der Waals surface area contributed by atoms with Crippen LogP contribution >= 0.6 is 7.60 Å². The molecule has 5 nitrogen and oxygen atoms in total. The number of rotatable bonds is 24. The van der Waals surface area contributed by atoms with Crippen molar-refractivity contribution in [3.63, 3.8) is 0 Å². The van der Waals surface area contributed by atoms with E-state index >= 15 is 0 Å². The fraction of sp³-hybridized carbons (Fsp3) is 0.929. The average molecular weight is 505 g/mol. The lowest BCUT2D eigenvalue weighted by molar-refractivity contribution is -0.875. The molecular formula is C28H59NO4P+. The first kappa shape index (κ1) is 33.8. The lowest BCUT2D eigenvalue weighted by Gasteiger charge is -2.35. The van der Waals surface area contributed by atoms with Crippen molar-refractivity contribution in [2.24, 2.45) is 0 Å². The van der Waals surface area contributed by atoms with Gasteiger partial charge in [0.1, 0.15) is 6.54 Å². The molecule has 204 valence electrons. The highest BCUT2D eigenvalue weighted by atomic mass is 31.2. The molecule has 3 N–H and O–H groups in total. The van der Waals surface area contributed by atoms with Crippen LogP contribution in [0.25, 0.3) is 0 Å². The summed E-state index contributed by atoms with van der Waals surface area (Å²) in [6.45, 7) is 2.16. The maximum absolute atomic E-state index is 11.8. The van der Waals surface area contributed by atoms with Crippen molar-refractivity contribution in [1.82, 2.24) is 0 Å². The summed E-state index contributed by atoms with van der Waals surface area (Å²) in [5, 5.41) is 8.66. The summed E-state index contributed by atoms with van der Waals surface area (Å²) in [5.41, 5.74) is 0. The first-order valence-corrected chi connectivity index (χ1v) is 15.8. The number of hydrogen-bond donors (Lipinski definition) is 3. The normalized spacial score (nSPS) is 14.7. The molecule has 0 radical (unpaired) electrons. The molecular weight excluding hydrogens is 445 g/mol. The second-order valence-electron chi connectivity index (χ2n) is 11.4. The van der Waals surface area contributed by atoms with E-state index in [-0.39, 0.29) is 13.0 Å². The first-order chi connectivity index (χ1) is 16.0.